The van der Waals surface area contributed by atoms with E-state index in [1.807, 2.05) is 6.07 Å². The molecule has 21 heavy (non-hydrogen) atoms. The van der Waals surface area contributed by atoms with Crippen LogP contribution in [0.25, 0.3) is 0 Å². The summed E-state index contributed by atoms with van der Waals surface area (Å²) in [5, 5.41) is 9.43. The Bertz CT molecular complexity index is 492. The first-order valence-corrected chi connectivity index (χ1v) is 7.65. The quantitative estimate of drug-likeness (QED) is 0.740. The van der Waals surface area contributed by atoms with E-state index in [0.29, 0.717) is 5.92 Å². The van der Waals surface area contributed by atoms with Gasteiger partial charge in [0.15, 0.2) is 0 Å². The van der Waals surface area contributed by atoms with Crippen LogP contribution >= 0.6 is 0 Å². The summed E-state index contributed by atoms with van der Waals surface area (Å²) in [4.78, 5) is 2.30. The van der Waals surface area contributed by atoms with Crippen molar-refractivity contribution in [3.8, 4) is 0 Å². The van der Waals surface area contributed by atoms with Crippen LogP contribution in [0.1, 0.15) is 24.4 Å². The fraction of sp³-hybridized carbons (Fsp3) is 0.625. The molecule has 4 nitrogen and oxygen atoms in total. The molecule has 0 spiro atoms. The Balaban J connectivity index is 1.61. The fourth-order valence-corrected chi connectivity index (χ4v) is 3.34. The Morgan fingerprint density at radius 2 is 2.24 bits per heavy atom. The topological polar surface area (TPSA) is 47.5 Å². The van der Waals surface area contributed by atoms with Crippen molar-refractivity contribution in [1.82, 2.24) is 15.8 Å². The lowest BCUT2D eigenvalue weighted by molar-refractivity contribution is 0.152. The highest BCUT2D eigenvalue weighted by Gasteiger charge is 2.43. The van der Waals surface area contributed by atoms with Crippen molar-refractivity contribution >= 4 is 0 Å². The molecule has 2 unspecified atom stereocenters. The van der Waals surface area contributed by atoms with Crippen molar-refractivity contribution in [2.75, 3.05) is 33.3 Å². The molecule has 0 aromatic heterocycles. The Morgan fingerprint density at radius 3 is 2.90 bits per heavy atom. The number of hydrazine groups is 1. The molecule has 1 heterocycles. The molecule has 0 amide bonds. The van der Waals surface area contributed by atoms with Crippen molar-refractivity contribution in [2.24, 2.45) is 11.3 Å². The fourth-order valence-electron chi connectivity index (χ4n) is 3.34. The third-order valence-corrected chi connectivity index (χ3v) is 4.75. The second kappa shape index (κ2) is 6.01. The molecule has 1 saturated carbocycles. The van der Waals surface area contributed by atoms with Crippen molar-refractivity contribution in [3.63, 3.8) is 0 Å². The van der Waals surface area contributed by atoms with E-state index < -0.39 is 0 Å². The molecule has 3 rings (SSSR count). The number of nitrogens with zero attached hydrogens (tertiary/aromatic N) is 1. The smallest absolute Gasteiger partial charge is 0.123 e. The molecule has 2 atom stereocenters. The van der Waals surface area contributed by atoms with Gasteiger partial charge in [-0.2, -0.15) is 0 Å². The largest absolute Gasteiger partial charge is 0.396 e. The minimum Gasteiger partial charge on any atom is -0.396 e. The van der Waals surface area contributed by atoms with Crippen LogP contribution in [-0.4, -0.2) is 43.3 Å². The maximum absolute atomic E-state index is 13.4. The lowest BCUT2D eigenvalue weighted by atomic mass is 9.94. The summed E-state index contributed by atoms with van der Waals surface area (Å²) in [7, 11) is 2.11. The molecule has 1 saturated heterocycles. The lowest BCUT2D eigenvalue weighted by Crippen LogP contribution is -2.35. The van der Waals surface area contributed by atoms with E-state index in [0.717, 1.165) is 38.0 Å². The third kappa shape index (κ3) is 3.43. The highest BCUT2D eigenvalue weighted by Crippen LogP contribution is 2.45. The van der Waals surface area contributed by atoms with E-state index in [2.05, 4.69) is 22.8 Å². The van der Waals surface area contributed by atoms with Crippen molar-refractivity contribution in [3.05, 3.63) is 35.6 Å². The SMILES string of the molecule is CN(CC1CNNC1c1cccc(F)c1)CC1(CO)CC1. The maximum atomic E-state index is 13.4. The molecule has 1 aromatic rings. The van der Waals surface area contributed by atoms with Gasteiger partial charge in [-0.15, -0.1) is 0 Å². The van der Waals surface area contributed by atoms with Crippen LogP contribution in [0.2, 0.25) is 0 Å². The zero-order valence-electron chi connectivity index (χ0n) is 12.5. The normalized spacial score (nSPS) is 27.2. The van der Waals surface area contributed by atoms with Gasteiger partial charge in [0.2, 0.25) is 0 Å². The highest BCUT2D eigenvalue weighted by molar-refractivity contribution is 5.22. The molecular weight excluding hydrogens is 269 g/mol. The predicted molar refractivity (Wildman–Crippen MR) is 80.0 cm³/mol. The van der Waals surface area contributed by atoms with Crippen LogP contribution in [0.5, 0.6) is 0 Å². The van der Waals surface area contributed by atoms with Gasteiger partial charge in [-0.25, -0.2) is 9.82 Å². The maximum Gasteiger partial charge on any atom is 0.123 e. The first kappa shape index (κ1) is 14.9. The number of benzene rings is 1. The van der Waals surface area contributed by atoms with Crippen LogP contribution in [0.15, 0.2) is 24.3 Å². The summed E-state index contributed by atoms with van der Waals surface area (Å²) in [6.07, 6.45) is 2.25. The minimum atomic E-state index is -0.189. The molecule has 1 aliphatic carbocycles. The number of aliphatic hydroxyl groups is 1. The van der Waals surface area contributed by atoms with Crippen molar-refractivity contribution in [2.45, 2.75) is 18.9 Å². The van der Waals surface area contributed by atoms with E-state index >= 15 is 0 Å². The average molecular weight is 293 g/mol. The van der Waals surface area contributed by atoms with Gasteiger partial charge in [-0.1, -0.05) is 12.1 Å². The molecule has 2 aliphatic rings. The van der Waals surface area contributed by atoms with Crippen LogP contribution in [-0.2, 0) is 0 Å². The molecule has 2 fully saturated rings. The third-order valence-electron chi connectivity index (χ3n) is 4.75. The van der Waals surface area contributed by atoms with E-state index in [1.54, 1.807) is 12.1 Å². The number of aliphatic hydroxyl groups excluding tert-OH is 1. The van der Waals surface area contributed by atoms with Gasteiger partial charge in [-0.3, -0.25) is 5.43 Å². The Labute approximate surface area is 125 Å². The van der Waals surface area contributed by atoms with Gasteiger partial charge in [0.25, 0.3) is 0 Å². The summed E-state index contributed by atoms with van der Waals surface area (Å²) >= 11 is 0. The van der Waals surface area contributed by atoms with Crippen LogP contribution < -0.4 is 10.9 Å². The van der Waals surface area contributed by atoms with Crippen LogP contribution in [0.4, 0.5) is 4.39 Å². The molecule has 0 radical (unpaired) electrons. The Hall–Kier alpha value is -1.01. The first-order chi connectivity index (χ1) is 10.1. The molecule has 1 aromatic carbocycles. The van der Waals surface area contributed by atoms with Gasteiger partial charge < -0.3 is 10.0 Å². The molecule has 116 valence electrons. The molecule has 1 aliphatic heterocycles. The number of hydrogen-bond acceptors (Lipinski definition) is 4. The number of rotatable bonds is 6. The van der Waals surface area contributed by atoms with Gasteiger partial charge in [0.1, 0.15) is 5.82 Å². The first-order valence-electron chi connectivity index (χ1n) is 7.65. The van der Waals surface area contributed by atoms with Gasteiger partial charge in [0.05, 0.1) is 6.04 Å². The van der Waals surface area contributed by atoms with E-state index in [-0.39, 0.29) is 23.9 Å². The monoisotopic (exact) mass is 293 g/mol. The predicted octanol–water partition coefficient (Wildman–Crippen LogP) is 1.30. The summed E-state index contributed by atoms with van der Waals surface area (Å²) in [5.74, 6) is 0.205. The second-order valence-electron chi connectivity index (χ2n) is 6.67. The molecule has 5 heteroatoms. The van der Waals surface area contributed by atoms with Gasteiger partial charge >= 0.3 is 0 Å². The Kier molecular flexibility index (Phi) is 4.26. The highest BCUT2D eigenvalue weighted by atomic mass is 19.1. The van der Waals surface area contributed by atoms with Crippen LogP contribution in [0.3, 0.4) is 0 Å². The molecular formula is C16H24FN3O. The number of hydrogen-bond donors (Lipinski definition) is 3. The lowest BCUT2D eigenvalue weighted by Gasteiger charge is -2.27. The zero-order valence-corrected chi connectivity index (χ0v) is 12.5. The van der Waals surface area contributed by atoms with Gasteiger partial charge in [-0.05, 0) is 37.6 Å². The molecule has 0 bridgehead atoms. The standard InChI is InChI=1S/C16H24FN3O/c1-20(10-16(11-21)5-6-16)9-13-8-18-19-15(13)12-3-2-4-14(17)7-12/h2-4,7,13,15,18-19,21H,5-6,8-11H2,1H3. The second-order valence-corrected chi connectivity index (χ2v) is 6.67. The average Bonchev–Trinajstić information content (AvgIpc) is 3.08. The van der Waals surface area contributed by atoms with Crippen molar-refractivity contribution in [1.29, 1.82) is 0 Å². The summed E-state index contributed by atoms with van der Waals surface area (Å²) in [6.45, 7) is 3.03. The van der Waals surface area contributed by atoms with E-state index in [4.69, 9.17) is 0 Å². The summed E-state index contributed by atoms with van der Waals surface area (Å²) in [5.41, 5.74) is 7.57. The summed E-state index contributed by atoms with van der Waals surface area (Å²) < 4.78 is 13.4. The number of nitrogens with one attached hydrogen (secondary N) is 2. The van der Waals surface area contributed by atoms with Crippen LogP contribution in [0, 0.1) is 17.2 Å². The van der Waals surface area contributed by atoms with E-state index in [1.165, 1.54) is 6.07 Å². The summed E-state index contributed by atoms with van der Waals surface area (Å²) in [6, 6.07) is 6.94. The zero-order chi connectivity index (χ0) is 14.9. The van der Waals surface area contributed by atoms with E-state index in [9.17, 15) is 9.50 Å². The van der Waals surface area contributed by atoms with Gasteiger partial charge in [0, 0.05) is 37.6 Å². The number of halogens is 1. The molecule has 3 N–H and O–H groups in total. The Morgan fingerprint density at radius 1 is 1.43 bits per heavy atom. The van der Waals surface area contributed by atoms with Crippen molar-refractivity contribution < 1.29 is 9.50 Å². The minimum absolute atomic E-state index is 0.132.